The van der Waals surface area contributed by atoms with Crippen LogP contribution in [0.2, 0.25) is 10.0 Å². The van der Waals surface area contributed by atoms with E-state index in [-0.39, 0.29) is 5.88 Å². The molecule has 0 fully saturated rings. The standard InChI is InChI=1S/C15H11Cl2N3O2/c1-22-9-4-2-3-8(7-9)19-20-14-10-5-6-11(16)12(17)13(10)18-15(14)21/h2-7,18,21H,1H3. The number of ether oxygens (including phenoxy) is 1. The summed E-state index contributed by atoms with van der Waals surface area (Å²) >= 11 is 12.1. The number of azo groups is 1. The number of methoxy groups -OCH3 is 1. The third kappa shape index (κ3) is 2.61. The summed E-state index contributed by atoms with van der Waals surface area (Å²) in [5, 5.41) is 19.6. The van der Waals surface area contributed by atoms with Crippen molar-refractivity contribution in [1.29, 1.82) is 0 Å². The zero-order chi connectivity index (χ0) is 15.7. The van der Waals surface area contributed by atoms with E-state index in [1.165, 1.54) is 0 Å². The van der Waals surface area contributed by atoms with Gasteiger partial charge in [0.25, 0.3) is 0 Å². The van der Waals surface area contributed by atoms with Crippen molar-refractivity contribution in [2.75, 3.05) is 7.11 Å². The summed E-state index contributed by atoms with van der Waals surface area (Å²) < 4.78 is 5.13. The quantitative estimate of drug-likeness (QED) is 0.611. The van der Waals surface area contributed by atoms with Crippen LogP contribution in [-0.2, 0) is 0 Å². The van der Waals surface area contributed by atoms with E-state index in [0.717, 1.165) is 0 Å². The molecule has 1 aromatic heterocycles. The van der Waals surface area contributed by atoms with Gasteiger partial charge in [0.05, 0.1) is 28.4 Å². The van der Waals surface area contributed by atoms with E-state index >= 15 is 0 Å². The fourth-order valence-electron chi connectivity index (χ4n) is 2.06. The van der Waals surface area contributed by atoms with Crippen molar-refractivity contribution in [2.45, 2.75) is 0 Å². The van der Waals surface area contributed by atoms with Gasteiger partial charge in [-0.2, -0.15) is 5.11 Å². The topological polar surface area (TPSA) is 70.0 Å². The molecule has 0 atom stereocenters. The molecule has 2 aromatic carbocycles. The molecule has 3 rings (SSSR count). The molecule has 0 bridgehead atoms. The maximum Gasteiger partial charge on any atom is 0.218 e. The van der Waals surface area contributed by atoms with Crippen LogP contribution in [0.1, 0.15) is 0 Å². The lowest BCUT2D eigenvalue weighted by Gasteiger charge is -1.99. The van der Waals surface area contributed by atoms with E-state index in [4.69, 9.17) is 27.9 Å². The van der Waals surface area contributed by atoms with Crippen LogP contribution < -0.4 is 4.74 Å². The van der Waals surface area contributed by atoms with Crippen LogP contribution in [-0.4, -0.2) is 17.2 Å². The number of halogens is 2. The molecule has 2 N–H and O–H groups in total. The zero-order valence-electron chi connectivity index (χ0n) is 11.5. The minimum absolute atomic E-state index is 0.120. The van der Waals surface area contributed by atoms with Crippen LogP contribution in [0.5, 0.6) is 11.6 Å². The van der Waals surface area contributed by atoms with Gasteiger partial charge in [-0.3, -0.25) is 0 Å². The Bertz CT molecular complexity index is 875. The first-order valence-electron chi connectivity index (χ1n) is 6.34. The Hall–Kier alpha value is -2.24. The fourth-order valence-corrected chi connectivity index (χ4v) is 2.43. The Morgan fingerprint density at radius 1 is 1.14 bits per heavy atom. The molecule has 0 amide bonds. The summed E-state index contributed by atoms with van der Waals surface area (Å²) in [6, 6.07) is 10.5. The number of aromatic amines is 1. The molecule has 1 heterocycles. The molecule has 0 spiro atoms. The van der Waals surface area contributed by atoms with Crippen molar-refractivity contribution < 1.29 is 9.84 Å². The van der Waals surface area contributed by atoms with Crippen molar-refractivity contribution in [3.63, 3.8) is 0 Å². The average molecular weight is 336 g/mol. The average Bonchev–Trinajstić information content (AvgIpc) is 2.85. The molecule has 0 saturated heterocycles. The second-order valence-corrected chi connectivity index (χ2v) is 5.29. The molecule has 0 unspecified atom stereocenters. The van der Waals surface area contributed by atoms with E-state index in [0.29, 0.717) is 38.1 Å². The number of aromatic hydroxyl groups is 1. The largest absolute Gasteiger partial charge is 0.497 e. The highest BCUT2D eigenvalue weighted by molar-refractivity contribution is 6.45. The fraction of sp³-hybridized carbons (Fsp3) is 0.0667. The third-order valence-electron chi connectivity index (χ3n) is 3.14. The van der Waals surface area contributed by atoms with Crippen molar-refractivity contribution in [3.05, 3.63) is 46.4 Å². The summed E-state index contributed by atoms with van der Waals surface area (Å²) in [6.07, 6.45) is 0. The molecular weight excluding hydrogens is 325 g/mol. The molecule has 3 aromatic rings. The van der Waals surface area contributed by atoms with Gasteiger partial charge in [-0.25, -0.2) is 0 Å². The maximum absolute atomic E-state index is 9.99. The number of hydrogen-bond donors (Lipinski definition) is 2. The number of benzene rings is 2. The second-order valence-electron chi connectivity index (χ2n) is 4.51. The molecule has 22 heavy (non-hydrogen) atoms. The molecule has 0 aliphatic heterocycles. The van der Waals surface area contributed by atoms with Crippen LogP contribution in [0.4, 0.5) is 11.4 Å². The first-order valence-corrected chi connectivity index (χ1v) is 7.10. The number of hydrogen-bond acceptors (Lipinski definition) is 4. The summed E-state index contributed by atoms with van der Waals surface area (Å²) in [6.45, 7) is 0. The van der Waals surface area contributed by atoms with Gasteiger partial charge in [-0.15, -0.1) is 5.11 Å². The van der Waals surface area contributed by atoms with Crippen LogP contribution >= 0.6 is 23.2 Å². The molecule has 5 nitrogen and oxygen atoms in total. The van der Waals surface area contributed by atoms with Gasteiger partial charge in [0.15, 0.2) is 5.69 Å². The minimum atomic E-state index is -0.120. The van der Waals surface area contributed by atoms with Crippen molar-refractivity contribution in [2.24, 2.45) is 10.2 Å². The predicted octanol–water partition coefficient (Wildman–Crippen LogP) is 5.60. The molecular formula is C15H11Cl2N3O2. The Morgan fingerprint density at radius 3 is 2.73 bits per heavy atom. The lowest BCUT2D eigenvalue weighted by molar-refractivity contribution is 0.415. The normalized spacial score (nSPS) is 11.4. The Morgan fingerprint density at radius 2 is 1.95 bits per heavy atom. The third-order valence-corrected chi connectivity index (χ3v) is 3.94. The number of fused-ring (bicyclic) bond motifs is 1. The van der Waals surface area contributed by atoms with Crippen LogP contribution in [0.15, 0.2) is 46.6 Å². The highest BCUT2D eigenvalue weighted by Crippen LogP contribution is 2.41. The molecule has 112 valence electrons. The highest BCUT2D eigenvalue weighted by Gasteiger charge is 2.14. The van der Waals surface area contributed by atoms with Gasteiger partial charge in [0, 0.05) is 11.5 Å². The molecule has 0 aliphatic rings. The van der Waals surface area contributed by atoms with E-state index in [1.54, 1.807) is 37.4 Å². The first kappa shape index (κ1) is 14.7. The van der Waals surface area contributed by atoms with Crippen LogP contribution in [0.25, 0.3) is 10.9 Å². The number of rotatable bonds is 3. The molecule has 7 heteroatoms. The summed E-state index contributed by atoms with van der Waals surface area (Å²) in [4.78, 5) is 2.76. The Kier molecular flexibility index (Phi) is 3.92. The van der Waals surface area contributed by atoms with Gasteiger partial charge in [0.2, 0.25) is 5.88 Å². The van der Waals surface area contributed by atoms with Crippen molar-refractivity contribution in [1.82, 2.24) is 4.98 Å². The molecule has 0 radical (unpaired) electrons. The number of nitrogens with one attached hydrogen (secondary N) is 1. The van der Waals surface area contributed by atoms with Gasteiger partial charge in [-0.05, 0) is 24.3 Å². The first-order chi connectivity index (χ1) is 10.6. The summed E-state index contributed by atoms with van der Waals surface area (Å²) in [7, 11) is 1.58. The van der Waals surface area contributed by atoms with Crippen molar-refractivity contribution >= 4 is 45.5 Å². The van der Waals surface area contributed by atoms with Gasteiger partial charge >= 0.3 is 0 Å². The molecule has 0 saturated carbocycles. The van der Waals surface area contributed by atoms with E-state index in [9.17, 15) is 5.11 Å². The number of H-pyrrole nitrogens is 1. The van der Waals surface area contributed by atoms with E-state index < -0.39 is 0 Å². The smallest absolute Gasteiger partial charge is 0.218 e. The number of aromatic nitrogens is 1. The summed E-state index contributed by atoms with van der Waals surface area (Å²) in [5.74, 6) is 0.556. The SMILES string of the molecule is COc1cccc(N=Nc2c(O)[nH]c3c(Cl)c(Cl)ccc23)c1. The number of nitrogens with zero attached hydrogens (tertiary/aromatic N) is 2. The zero-order valence-corrected chi connectivity index (χ0v) is 13.0. The van der Waals surface area contributed by atoms with Crippen LogP contribution in [0.3, 0.4) is 0 Å². The van der Waals surface area contributed by atoms with Gasteiger partial charge in [-0.1, -0.05) is 29.3 Å². The minimum Gasteiger partial charge on any atom is -0.497 e. The molecule has 0 aliphatic carbocycles. The lowest BCUT2D eigenvalue weighted by atomic mass is 10.2. The van der Waals surface area contributed by atoms with Gasteiger partial charge < -0.3 is 14.8 Å². The monoisotopic (exact) mass is 335 g/mol. The van der Waals surface area contributed by atoms with Crippen molar-refractivity contribution in [3.8, 4) is 11.6 Å². The predicted molar refractivity (Wildman–Crippen MR) is 87.2 cm³/mol. The van der Waals surface area contributed by atoms with Crippen LogP contribution in [0, 0.1) is 0 Å². The summed E-state index contributed by atoms with van der Waals surface area (Å²) in [5.41, 5.74) is 1.43. The maximum atomic E-state index is 9.99. The highest BCUT2D eigenvalue weighted by atomic mass is 35.5. The van der Waals surface area contributed by atoms with Gasteiger partial charge in [0.1, 0.15) is 5.75 Å². The lowest BCUT2D eigenvalue weighted by Crippen LogP contribution is -1.79. The van der Waals surface area contributed by atoms with E-state index in [2.05, 4.69) is 15.2 Å². The van der Waals surface area contributed by atoms with E-state index in [1.807, 2.05) is 6.07 Å². The Labute approximate surface area is 136 Å². The second kappa shape index (κ2) is 5.87. The Balaban J connectivity index is 2.05.